The van der Waals surface area contributed by atoms with Crippen molar-refractivity contribution < 1.29 is 29.5 Å². The zero-order valence-electron chi connectivity index (χ0n) is 33.2. The highest BCUT2D eigenvalue weighted by Crippen LogP contribution is 2.46. The van der Waals surface area contributed by atoms with Gasteiger partial charge in [0, 0.05) is 64.0 Å². The van der Waals surface area contributed by atoms with Crippen molar-refractivity contribution in [3.8, 4) is 17.2 Å². The lowest BCUT2D eigenvalue weighted by Gasteiger charge is -2.35. The number of rotatable bonds is 17. The zero-order valence-corrected chi connectivity index (χ0v) is 33.2. The van der Waals surface area contributed by atoms with Crippen LogP contribution in [0.4, 0.5) is 0 Å². The molecule has 0 bridgehead atoms. The highest BCUT2D eigenvalue weighted by atomic mass is 16.5. The fourth-order valence-electron chi connectivity index (χ4n) is 6.86. The molecular formula is C47H58O6. The van der Waals surface area contributed by atoms with E-state index in [-0.39, 0.29) is 37.1 Å². The Kier molecular flexibility index (Phi) is 13.2. The van der Waals surface area contributed by atoms with Crippen LogP contribution in [0.25, 0.3) is 16.7 Å². The summed E-state index contributed by atoms with van der Waals surface area (Å²) in [4.78, 5) is 0. The third-order valence-corrected chi connectivity index (χ3v) is 10.4. The summed E-state index contributed by atoms with van der Waals surface area (Å²) in [5.41, 5.74) is 10.1. The smallest absolute Gasteiger partial charge is 0.130 e. The van der Waals surface area contributed by atoms with Crippen LogP contribution in [0.15, 0.2) is 80.4 Å². The van der Waals surface area contributed by atoms with Crippen LogP contribution in [0.2, 0.25) is 0 Å². The number of hydrogen-bond donors (Lipinski definition) is 3. The molecule has 0 aliphatic carbocycles. The maximum atomic E-state index is 11.4. The first-order chi connectivity index (χ1) is 25.0. The molecule has 4 rings (SSSR count). The molecular weight excluding hydrogens is 661 g/mol. The lowest BCUT2D eigenvalue weighted by molar-refractivity contribution is 0.126. The minimum atomic E-state index is -0.782. The van der Waals surface area contributed by atoms with Crippen molar-refractivity contribution in [2.24, 2.45) is 0 Å². The molecule has 0 aliphatic rings. The van der Waals surface area contributed by atoms with Crippen molar-refractivity contribution in [2.45, 2.75) is 93.0 Å². The lowest BCUT2D eigenvalue weighted by atomic mass is 9.68. The summed E-state index contributed by atoms with van der Waals surface area (Å²) in [6.07, 6.45) is 0. The average molecular weight is 719 g/mol. The molecule has 0 heterocycles. The van der Waals surface area contributed by atoms with Gasteiger partial charge in [-0.15, -0.1) is 0 Å². The molecule has 6 heteroatoms. The van der Waals surface area contributed by atoms with E-state index in [1.807, 2.05) is 77.9 Å². The van der Waals surface area contributed by atoms with Gasteiger partial charge in [-0.25, -0.2) is 0 Å². The molecule has 0 aromatic heterocycles. The Bertz CT molecular complexity index is 1920. The Balaban J connectivity index is 2.02. The first-order valence-corrected chi connectivity index (χ1v) is 18.4. The molecule has 282 valence electrons. The first kappa shape index (κ1) is 41.1. The monoisotopic (exact) mass is 718 g/mol. The summed E-state index contributed by atoms with van der Waals surface area (Å²) >= 11 is 0. The van der Waals surface area contributed by atoms with Gasteiger partial charge < -0.3 is 29.5 Å². The van der Waals surface area contributed by atoms with Gasteiger partial charge in [0.25, 0.3) is 0 Å². The second kappa shape index (κ2) is 17.0. The molecule has 0 spiro atoms. The van der Waals surface area contributed by atoms with Gasteiger partial charge in [-0.1, -0.05) is 57.8 Å². The van der Waals surface area contributed by atoms with E-state index in [9.17, 15) is 15.3 Å². The van der Waals surface area contributed by atoms with E-state index < -0.39 is 10.8 Å². The van der Waals surface area contributed by atoms with Gasteiger partial charge in [0.1, 0.15) is 17.2 Å². The molecule has 6 nitrogen and oxygen atoms in total. The summed E-state index contributed by atoms with van der Waals surface area (Å²) in [6, 6.07) is 20.7. The van der Waals surface area contributed by atoms with Crippen molar-refractivity contribution in [3.05, 3.63) is 142 Å². The van der Waals surface area contributed by atoms with E-state index in [4.69, 9.17) is 14.2 Å². The van der Waals surface area contributed by atoms with E-state index in [0.717, 1.165) is 44.5 Å². The number of ether oxygens (including phenoxy) is 3. The molecule has 0 amide bonds. The first-order valence-electron chi connectivity index (χ1n) is 18.4. The van der Waals surface area contributed by atoms with E-state index in [2.05, 4.69) is 64.8 Å². The second-order valence-corrected chi connectivity index (χ2v) is 14.7. The second-order valence-electron chi connectivity index (χ2n) is 14.7. The molecule has 0 radical (unpaired) electrons. The van der Waals surface area contributed by atoms with Gasteiger partial charge >= 0.3 is 0 Å². The average Bonchev–Trinajstić information content (AvgIpc) is 3.12. The van der Waals surface area contributed by atoms with Crippen LogP contribution in [0, 0.1) is 0 Å². The number of allylic oxidation sites excluding steroid dienone is 3. The van der Waals surface area contributed by atoms with Crippen LogP contribution in [-0.2, 0) is 44.9 Å². The number of phenols is 3. The van der Waals surface area contributed by atoms with Crippen LogP contribution in [0.1, 0.15) is 124 Å². The van der Waals surface area contributed by atoms with Crippen molar-refractivity contribution in [1.29, 1.82) is 0 Å². The van der Waals surface area contributed by atoms with Crippen molar-refractivity contribution in [2.75, 3.05) is 19.8 Å². The minimum absolute atomic E-state index is 0.158. The van der Waals surface area contributed by atoms with Gasteiger partial charge in [0.15, 0.2) is 0 Å². The normalized spacial score (nSPS) is 12.8. The van der Waals surface area contributed by atoms with Crippen LogP contribution in [0.5, 0.6) is 17.2 Å². The highest BCUT2D eigenvalue weighted by molar-refractivity contribution is 5.78. The van der Waals surface area contributed by atoms with Crippen LogP contribution in [-0.4, -0.2) is 35.1 Å². The van der Waals surface area contributed by atoms with E-state index in [1.165, 1.54) is 0 Å². The van der Waals surface area contributed by atoms with Crippen LogP contribution >= 0.6 is 0 Å². The van der Waals surface area contributed by atoms with Crippen molar-refractivity contribution in [3.63, 3.8) is 0 Å². The quantitative estimate of drug-likeness (QED) is 0.0942. The highest BCUT2D eigenvalue weighted by Gasteiger charge is 2.35. The predicted molar refractivity (Wildman–Crippen MR) is 219 cm³/mol. The Morgan fingerprint density at radius 1 is 0.491 bits per heavy atom. The zero-order chi connectivity index (χ0) is 39.2. The fourth-order valence-corrected chi connectivity index (χ4v) is 6.86. The SMILES string of the molecule is C=C(C)c1cc(C(C)(c2ccc(C(C)(C)c3cc(C(=C)C)c(O)c(C(=C)C)c3)cc2)c2cc(COCC)c(O)c(COCC)c2)cc(COCC)c1O. The summed E-state index contributed by atoms with van der Waals surface area (Å²) in [5.74, 6) is 0.521. The summed E-state index contributed by atoms with van der Waals surface area (Å²) in [6.45, 7) is 32.7. The summed E-state index contributed by atoms with van der Waals surface area (Å²) in [7, 11) is 0. The molecule has 3 N–H and O–H groups in total. The minimum Gasteiger partial charge on any atom is -0.507 e. The molecule has 4 aromatic rings. The maximum Gasteiger partial charge on any atom is 0.130 e. The molecule has 0 saturated heterocycles. The molecule has 4 aromatic carbocycles. The Labute approximate surface area is 317 Å². The number of aromatic hydroxyl groups is 3. The van der Waals surface area contributed by atoms with E-state index in [1.54, 1.807) is 0 Å². The number of hydrogen-bond acceptors (Lipinski definition) is 6. The fraction of sp³-hybridized carbons (Fsp3) is 0.362. The molecule has 0 saturated carbocycles. The molecule has 53 heavy (non-hydrogen) atoms. The molecule has 1 atom stereocenters. The van der Waals surface area contributed by atoms with Gasteiger partial charge in [-0.3, -0.25) is 0 Å². The number of benzene rings is 4. The third-order valence-electron chi connectivity index (χ3n) is 10.4. The van der Waals surface area contributed by atoms with Crippen molar-refractivity contribution in [1.82, 2.24) is 0 Å². The maximum absolute atomic E-state index is 11.4. The Morgan fingerprint density at radius 2 is 0.830 bits per heavy atom. The Hall–Kier alpha value is -4.62. The Morgan fingerprint density at radius 3 is 1.23 bits per heavy atom. The third kappa shape index (κ3) is 8.46. The van der Waals surface area contributed by atoms with Gasteiger partial charge in [0.2, 0.25) is 0 Å². The van der Waals surface area contributed by atoms with Crippen molar-refractivity contribution >= 4 is 16.7 Å². The van der Waals surface area contributed by atoms with Gasteiger partial charge in [-0.05, 0) is 129 Å². The van der Waals surface area contributed by atoms with E-state index >= 15 is 0 Å². The molecule has 0 aliphatic heterocycles. The van der Waals surface area contributed by atoms with Gasteiger partial charge in [-0.2, -0.15) is 0 Å². The lowest BCUT2D eigenvalue weighted by Crippen LogP contribution is -2.27. The molecule has 1 unspecified atom stereocenters. The summed E-state index contributed by atoms with van der Waals surface area (Å²) < 4.78 is 17.5. The van der Waals surface area contributed by atoms with Crippen LogP contribution in [0.3, 0.4) is 0 Å². The van der Waals surface area contributed by atoms with Gasteiger partial charge in [0.05, 0.1) is 19.8 Å². The topological polar surface area (TPSA) is 88.4 Å². The molecule has 0 fully saturated rings. The predicted octanol–water partition coefficient (Wildman–Crippen LogP) is 11.2. The number of phenolic OH excluding ortho intramolecular Hbond substituents is 3. The largest absolute Gasteiger partial charge is 0.507 e. The summed E-state index contributed by atoms with van der Waals surface area (Å²) in [5, 5.41) is 33.8. The van der Waals surface area contributed by atoms with E-state index in [0.29, 0.717) is 53.2 Å². The standard InChI is InChI=1S/C47H58O6/c1-13-51-26-32-20-38(21-33(43(32)48)27-52-14-2)47(12,39-22-34(28-53-15-3)44(49)40(25-39)29(4)5)36-18-16-35(17-19-36)46(10,11)37-23-41(30(6)7)45(50)42(24-37)31(8)9/h16-25,48-50H,4,6,8,13-15,26-28H2,1-3,5,7,9-12H3. The van der Waals surface area contributed by atoms with Crippen LogP contribution < -0.4 is 0 Å².